The van der Waals surface area contributed by atoms with Crippen molar-refractivity contribution in [2.75, 3.05) is 25.1 Å². The molecule has 1 aliphatic heterocycles. The highest BCUT2D eigenvalue weighted by atomic mass is 16.5. The van der Waals surface area contributed by atoms with Crippen LogP contribution in [0.1, 0.15) is 6.42 Å². The van der Waals surface area contributed by atoms with Gasteiger partial charge in [-0.2, -0.15) is 0 Å². The van der Waals surface area contributed by atoms with Crippen molar-refractivity contribution < 1.29 is 9.53 Å². The Balaban J connectivity index is 2.07. The highest BCUT2D eigenvalue weighted by Crippen LogP contribution is 2.23. The molecule has 2 rings (SSSR count). The SMILES string of the molecule is COc1ccc(N2CC[C@@H](C=O)C2)cn1. The fourth-order valence-corrected chi connectivity index (χ4v) is 1.81. The smallest absolute Gasteiger partial charge is 0.213 e. The fraction of sp³-hybridized carbons (Fsp3) is 0.455. The fourth-order valence-electron chi connectivity index (χ4n) is 1.81. The van der Waals surface area contributed by atoms with Crippen LogP contribution in [-0.2, 0) is 4.79 Å². The van der Waals surface area contributed by atoms with Crippen LogP contribution in [-0.4, -0.2) is 31.5 Å². The average molecular weight is 206 g/mol. The molecule has 1 fully saturated rings. The average Bonchev–Trinajstić information content (AvgIpc) is 2.78. The summed E-state index contributed by atoms with van der Waals surface area (Å²) in [6.45, 7) is 1.73. The van der Waals surface area contributed by atoms with Crippen molar-refractivity contribution >= 4 is 12.0 Å². The summed E-state index contributed by atoms with van der Waals surface area (Å²) in [5.74, 6) is 0.789. The minimum absolute atomic E-state index is 0.173. The van der Waals surface area contributed by atoms with Gasteiger partial charge in [0, 0.05) is 25.1 Å². The Morgan fingerprint density at radius 2 is 2.47 bits per heavy atom. The van der Waals surface area contributed by atoms with E-state index in [0.717, 1.165) is 31.5 Å². The highest BCUT2D eigenvalue weighted by Gasteiger charge is 2.21. The number of carbonyl (C=O) groups is 1. The van der Waals surface area contributed by atoms with E-state index in [9.17, 15) is 4.79 Å². The zero-order chi connectivity index (χ0) is 10.7. The van der Waals surface area contributed by atoms with E-state index in [2.05, 4.69) is 9.88 Å². The summed E-state index contributed by atoms with van der Waals surface area (Å²) in [5, 5.41) is 0. The number of rotatable bonds is 3. The van der Waals surface area contributed by atoms with Crippen LogP contribution in [0.2, 0.25) is 0 Å². The van der Waals surface area contributed by atoms with Gasteiger partial charge in [-0.05, 0) is 12.5 Å². The lowest BCUT2D eigenvalue weighted by Crippen LogP contribution is -2.19. The van der Waals surface area contributed by atoms with Crippen molar-refractivity contribution in [2.45, 2.75) is 6.42 Å². The molecule has 1 aliphatic rings. The third-order valence-electron chi connectivity index (χ3n) is 2.71. The summed E-state index contributed by atoms with van der Waals surface area (Å²) in [4.78, 5) is 16.9. The standard InChI is InChI=1S/C11H14N2O2/c1-15-11-3-2-10(6-12-11)13-5-4-9(7-13)8-14/h2-3,6,8-9H,4-5,7H2,1H3/t9-/m1/s1. The molecule has 0 aromatic carbocycles. The first-order chi connectivity index (χ1) is 7.33. The van der Waals surface area contributed by atoms with Crippen LogP contribution >= 0.6 is 0 Å². The Bertz CT molecular complexity index is 337. The van der Waals surface area contributed by atoms with E-state index in [0.29, 0.717) is 5.88 Å². The number of carbonyl (C=O) groups excluding carboxylic acids is 1. The van der Waals surface area contributed by atoms with Crippen LogP contribution in [0.3, 0.4) is 0 Å². The minimum atomic E-state index is 0.173. The van der Waals surface area contributed by atoms with Gasteiger partial charge >= 0.3 is 0 Å². The molecule has 0 bridgehead atoms. The van der Waals surface area contributed by atoms with E-state index < -0.39 is 0 Å². The zero-order valence-electron chi connectivity index (χ0n) is 8.72. The lowest BCUT2D eigenvalue weighted by molar-refractivity contribution is -0.110. The Kier molecular flexibility index (Phi) is 2.85. The van der Waals surface area contributed by atoms with Gasteiger partial charge in [-0.15, -0.1) is 0 Å². The lowest BCUT2D eigenvalue weighted by Gasteiger charge is -2.17. The van der Waals surface area contributed by atoms with Crippen molar-refractivity contribution in [1.29, 1.82) is 0 Å². The molecule has 1 aromatic rings. The summed E-state index contributed by atoms with van der Waals surface area (Å²) in [5.41, 5.74) is 1.06. The first-order valence-electron chi connectivity index (χ1n) is 5.04. The second-order valence-electron chi connectivity index (χ2n) is 3.69. The van der Waals surface area contributed by atoms with Crippen molar-refractivity contribution in [3.8, 4) is 5.88 Å². The molecular formula is C11H14N2O2. The van der Waals surface area contributed by atoms with Crippen molar-refractivity contribution in [3.05, 3.63) is 18.3 Å². The molecule has 0 unspecified atom stereocenters. The second-order valence-corrected chi connectivity index (χ2v) is 3.69. The van der Waals surface area contributed by atoms with Gasteiger partial charge in [0.15, 0.2) is 0 Å². The van der Waals surface area contributed by atoms with E-state index in [-0.39, 0.29) is 5.92 Å². The maximum absolute atomic E-state index is 10.6. The molecule has 1 atom stereocenters. The molecule has 1 saturated heterocycles. The Hall–Kier alpha value is -1.58. The topological polar surface area (TPSA) is 42.4 Å². The van der Waals surface area contributed by atoms with Crippen LogP contribution in [0.5, 0.6) is 5.88 Å². The van der Waals surface area contributed by atoms with Gasteiger partial charge in [0.2, 0.25) is 5.88 Å². The Morgan fingerprint density at radius 1 is 1.60 bits per heavy atom. The monoisotopic (exact) mass is 206 g/mol. The molecule has 80 valence electrons. The van der Waals surface area contributed by atoms with E-state index in [1.54, 1.807) is 13.3 Å². The Morgan fingerprint density at radius 3 is 3.00 bits per heavy atom. The largest absolute Gasteiger partial charge is 0.481 e. The maximum atomic E-state index is 10.6. The maximum Gasteiger partial charge on any atom is 0.213 e. The van der Waals surface area contributed by atoms with Crippen LogP contribution < -0.4 is 9.64 Å². The quantitative estimate of drug-likeness (QED) is 0.695. The van der Waals surface area contributed by atoms with Gasteiger partial charge < -0.3 is 14.4 Å². The van der Waals surface area contributed by atoms with Crippen LogP contribution in [0.15, 0.2) is 18.3 Å². The van der Waals surface area contributed by atoms with Gasteiger partial charge in [-0.3, -0.25) is 0 Å². The van der Waals surface area contributed by atoms with E-state index >= 15 is 0 Å². The summed E-state index contributed by atoms with van der Waals surface area (Å²) in [6, 6.07) is 3.81. The van der Waals surface area contributed by atoms with Crippen molar-refractivity contribution in [1.82, 2.24) is 4.98 Å². The molecular weight excluding hydrogens is 192 g/mol. The van der Waals surface area contributed by atoms with Crippen LogP contribution in [0.4, 0.5) is 5.69 Å². The molecule has 0 radical (unpaired) electrons. The zero-order valence-corrected chi connectivity index (χ0v) is 8.72. The van der Waals surface area contributed by atoms with Gasteiger partial charge in [-0.25, -0.2) is 4.98 Å². The van der Waals surface area contributed by atoms with E-state index in [1.165, 1.54) is 0 Å². The number of hydrogen-bond acceptors (Lipinski definition) is 4. The molecule has 2 heterocycles. The molecule has 4 heteroatoms. The number of ether oxygens (including phenoxy) is 1. The number of nitrogens with zero attached hydrogens (tertiary/aromatic N) is 2. The number of aromatic nitrogens is 1. The first kappa shape index (κ1) is 9.96. The second kappa shape index (κ2) is 4.29. The lowest BCUT2D eigenvalue weighted by atomic mass is 10.1. The van der Waals surface area contributed by atoms with E-state index in [4.69, 9.17) is 4.74 Å². The number of pyridine rings is 1. The minimum Gasteiger partial charge on any atom is -0.481 e. The Labute approximate surface area is 88.9 Å². The molecule has 1 aromatic heterocycles. The first-order valence-corrected chi connectivity index (χ1v) is 5.04. The predicted octanol–water partition coefficient (Wildman–Crippen LogP) is 1.12. The van der Waals surface area contributed by atoms with Gasteiger partial charge in [0.1, 0.15) is 6.29 Å². The predicted molar refractivity (Wildman–Crippen MR) is 57.2 cm³/mol. The van der Waals surface area contributed by atoms with E-state index in [1.807, 2.05) is 12.1 Å². The number of hydrogen-bond donors (Lipinski definition) is 0. The van der Waals surface area contributed by atoms with Crippen molar-refractivity contribution in [2.24, 2.45) is 5.92 Å². The van der Waals surface area contributed by atoms with Gasteiger partial charge in [0.25, 0.3) is 0 Å². The summed E-state index contributed by atoms with van der Waals surface area (Å²) in [6.07, 6.45) is 3.76. The molecule has 15 heavy (non-hydrogen) atoms. The molecule has 0 spiro atoms. The van der Waals surface area contributed by atoms with Gasteiger partial charge in [-0.1, -0.05) is 0 Å². The summed E-state index contributed by atoms with van der Waals surface area (Å²) in [7, 11) is 1.60. The molecule has 4 nitrogen and oxygen atoms in total. The molecule has 0 aliphatic carbocycles. The van der Waals surface area contributed by atoms with Gasteiger partial charge in [0.05, 0.1) is 19.0 Å². The number of aldehydes is 1. The normalized spacial score (nSPS) is 20.3. The molecule has 0 N–H and O–H groups in total. The molecule has 0 saturated carbocycles. The number of methoxy groups -OCH3 is 1. The summed E-state index contributed by atoms with van der Waals surface area (Å²) < 4.78 is 4.99. The third kappa shape index (κ3) is 2.09. The highest BCUT2D eigenvalue weighted by molar-refractivity contribution is 5.58. The van der Waals surface area contributed by atoms with Crippen LogP contribution in [0, 0.1) is 5.92 Å². The third-order valence-corrected chi connectivity index (χ3v) is 2.71. The molecule has 0 amide bonds. The van der Waals surface area contributed by atoms with Crippen molar-refractivity contribution in [3.63, 3.8) is 0 Å². The van der Waals surface area contributed by atoms with Crippen LogP contribution in [0.25, 0.3) is 0 Å². The number of anilines is 1. The summed E-state index contributed by atoms with van der Waals surface area (Å²) >= 11 is 0.